The van der Waals surface area contributed by atoms with Crippen molar-refractivity contribution in [2.45, 2.75) is 0 Å². The lowest BCUT2D eigenvalue weighted by atomic mass is 10.1. The minimum absolute atomic E-state index is 0.584. The van der Waals surface area contributed by atoms with Crippen molar-refractivity contribution in [3.63, 3.8) is 0 Å². The first-order valence-corrected chi connectivity index (χ1v) is 11.5. The molecule has 0 aliphatic rings. The van der Waals surface area contributed by atoms with E-state index in [1.807, 2.05) is 72.8 Å². The van der Waals surface area contributed by atoms with Gasteiger partial charge < -0.3 is 8.83 Å². The summed E-state index contributed by atoms with van der Waals surface area (Å²) in [5, 5.41) is 3.00. The fourth-order valence-electron chi connectivity index (χ4n) is 5.11. The Bertz CT molecular complexity index is 1970. The minimum atomic E-state index is 0.584. The molecule has 0 N–H and O–H groups in total. The highest BCUT2D eigenvalue weighted by molar-refractivity contribution is 6.20. The van der Waals surface area contributed by atoms with Crippen molar-refractivity contribution >= 4 is 55.0 Å². The number of aromatic nitrogens is 3. The van der Waals surface area contributed by atoms with Crippen molar-refractivity contribution in [2.75, 3.05) is 0 Å². The van der Waals surface area contributed by atoms with Gasteiger partial charge in [0, 0.05) is 21.7 Å². The van der Waals surface area contributed by atoms with Gasteiger partial charge in [0.2, 0.25) is 5.95 Å². The first kappa shape index (κ1) is 18.5. The van der Waals surface area contributed by atoms with Gasteiger partial charge in [-0.05, 0) is 30.3 Å². The van der Waals surface area contributed by atoms with Crippen LogP contribution in [0.15, 0.2) is 112 Å². The molecular formula is C30H17N3O2. The van der Waals surface area contributed by atoms with E-state index in [0.717, 1.165) is 55.1 Å². The van der Waals surface area contributed by atoms with Crippen LogP contribution in [0.4, 0.5) is 0 Å². The molecule has 8 aromatic rings. The Morgan fingerprint density at radius 2 is 1.06 bits per heavy atom. The second-order valence-corrected chi connectivity index (χ2v) is 8.64. The van der Waals surface area contributed by atoms with Crippen LogP contribution < -0.4 is 0 Å². The number of rotatable bonds is 2. The summed E-state index contributed by atoms with van der Waals surface area (Å²) < 4.78 is 14.8. The van der Waals surface area contributed by atoms with Crippen LogP contribution in [0.5, 0.6) is 0 Å². The first-order chi connectivity index (χ1) is 17.4. The molecule has 0 aliphatic carbocycles. The van der Waals surface area contributed by atoms with E-state index in [2.05, 4.69) is 34.9 Å². The van der Waals surface area contributed by atoms with E-state index in [1.165, 1.54) is 0 Å². The second kappa shape index (κ2) is 6.81. The van der Waals surface area contributed by atoms with Crippen LogP contribution >= 0.6 is 0 Å². The summed E-state index contributed by atoms with van der Waals surface area (Å²) in [6.07, 6.45) is 0. The van der Waals surface area contributed by atoms with Gasteiger partial charge in [0.05, 0.1) is 11.2 Å². The standard InChI is InChI=1S/C30H17N3O2/c1-2-10-18(11-3-1)25-19-12-4-7-15-22(19)31-30(32-25)33-26-20-13-5-8-16-23(20)34-28(26)29-27(33)21-14-6-9-17-24(21)35-29/h1-17H. The highest BCUT2D eigenvalue weighted by Gasteiger charge is 2.26. The van der Waals surface area contributed by atoms with Crippen molar-refractivity contribution < 1.29 is 8.83 Å². The number of fused-ring (bicyclic) bond motifs is 8. The Morgan fingerprint density at radius 3 is 1.71 bits per heavy atom. The molecule has 35 heavy (non-hydrogen) atoms. The maximum atomic E-state index is 6.33. The SMILES string of the molecule is c1ccc(-c2nc(-n3c4c5ccccc5oc4c4oc5ccccc5c43)nc3ccccc23)cc1. The largest absolute Gasteiger partial charge is 0.450 e. The lowest BCUT2D eigenvalue weighted by Crippen LogP contribution is -2.03. The molecule has 5 nitrogen and oxygen atoms in total. The van der Waals surface area contributed by atoms with Gasteiger partial charge in [-0.1, -0.05) is 72.8 Å². The molecule has 0 unspecified atom stereocenters. The molecule has 0 fully saturated rings. The molecule has 0 bridgehead atoms. The molecule has 4 heterocycles. The lowest BCUT2D eigenvalue weighted by molar-refractivity contribution is 0.634. The fourth-order valence-corrected chi connectivity index (χ4v) is 5.11. The number of benzene rings is 4. The first-order valence-electron chi connectivity index (χ1n) is 11.5. The van der Waals surface area contributed by atoms with Crippen LogP contribution in [-0.2, 0) is 0 Å². The van der Waals surface area contributed by atoms with Crippen molar-refractivity contribution in [1.29, 1.82) is 0 Å². The van der Waals surface area contributed by atoms with E-state index in [0.29, 0.717) is 17.1 Å². The van der Waals surface area contributed by atoms with Crippen LogP contribution in [-0.4, -0.2) is 14.5 Å². The summed E-state index contributed by atoms with van der Waals surface area (Å²) in [6.45, 7) is 0. The normalized spacial score (nSPS) is 12.0. The van der Waals surface area contributed by atoms with Gasteiger partial charge in [-0.3, -0.25) is 4.57 Å². The van der Waals surface area contributed by atoms with Crippen LogP contribution in [0.1, 0.15) is 0 Å². The predicted octanol–water partition coefficient (Wildman–Crippen LogP) is 7.89. The second-order valence-electron chi connectivity index (χ2n) is 8.64. The zero-order chi connectivity index (χ0) is 22.9. The minimum Gasteiger partial charge on any atom is -0.450 e. The topological polar surface area (TPSA) is 57.0 Å². The lowest BCUT2D eigenvalue weighted by Gasteiger charge is -2.11. The van der Waals surface area contributed by atoms with Crippen LogP contribution in [0.3, 0.4) is 0 Å². The number of furan rings is 2. The molecule has 0 spiro atoms. The zero-order valence-corrected chi connectivity index (χ0v) is 18.5. The molecule has 8 rings (SSSR count). The Balaban J connectivity index is 1.59. The summed E-state index contributed by atoms with van der Waals surface area (Å²) in [5.41, 5.74) is 7.65. The molecule has 4 aromatic carbocycles. The highest BCUT2D eigenvalue weighted by atomic mass is 16.4. The van der Waals surface area contributed by atoms with E-state index in [4.69, 9.17) is 18.8 Å². The average molecular weight is 451 g/mol. The van der Waals surface area contributed by atoms with Crippen molar-refractivity contribution in [1.82, 2.24) is 14.5 Å². The van der Waals surface area contributed by atoms with Crippen LogP contribution in [0.25, 0.3) is 72.2 Å². The number of hydrogen-bond acceptors (Lipinski definition) is 4. The van der Waals surface area contributed by atoms with Crippen LogP contribution in [0, 0.1) is 0 Å². The van der Waals surface area contributed by atoms with E-state index in [1.54, 1.807) is 0 Å². The predicted molar refractivity (Wildman–Crippen MR) is 139 cm³/mol. The van der Waals surface area contributed by atoms with Crippen LogP contribution in [0.2, 0.25) is 0 Å². The van der Waals surface area contributed by atoms with Gasteiger partial charge in [-0.25, -0.2) is 9.97 Å². The van der Waals surface area contributed by atoms with Gasteiger partial charge in [0.1, 0.15) is 22.2 Å². The molecule has 164 valence electrons. The van der Waals surface area contributed by atoms with Crippen molar-refractivity contribution in [3.05, 3.63) is 103 Å². The third-order valence-electron chi connectivity index (χ3n) is 6.63. The highest BCUT2D eigenvalue weighted by Crippen LogP contribution is 2.42. The smallest absolute Gasteiger partial charge is 0.236 e. The zero-order valence-electron chi connectivity index (χ0n) is 18.5. The number of para-hydroxylation sites is 3. The Kier molecular flexibility index (Phi) is 3.60. The maximum Gasteiger partial charge on any atom is 0.236 e. The molecule has 5 heteroatoms. The van der Waals surface area contributed by atoms with Gasteiger partial charge in [-0.2, -0.15) is 0 Å². The van der Waals surface area contributed by atoms with E-state index < -0.39 is 0 Å². The van der Waals surface area contributed by atoms with Gasteiger partial charge >= 0.3 is 0 Å². The average Bonchev–Trinajstić information content (AvgIpc) is 3.57. The van der Waals surface area contributed by atoms with E-state index in [9.17, 15) is 0 Å². The molecule has 0 radical (unpaired) electrons. The fraction of sp³-hybridized carbons (Fsp3) is 0. The Labute approximate surface area is 198 Å². The number of hydrogen-bond donors (Lipinski definition) is 0. The summed E-state index contributed by atoms with van der Waals surface area (Å²) in [4.78, 5) is 10.2. The molecule has 0 amide bonds. The molecular weight excluding hydrogens is 434 g/mol. The Morgan fingerprint density at radius 1 is 0.514 bits per heavy atom. The summed E-state index contributed by atoms with van der Waals surface area (Å²) in [6, 6.07) is 34.5. The van der Waals surface area contributed by atoms with E-state index in [-0.39, 0.29) is 0 Å². The van der Waals surface area contributed by atoms with Gasteiger partial charge in [0.15, 0.2) is 11.2 Å². The van der Waals surface area contributed by atoms with Gasteiger partial charge in [0.25, 0.3) is 0 Å². The molecule has 0 atom stereocenters. The molecule has 0 saturated heterocycles. The quantitative estimate of drug-likeness (QED) is 0.268. The third-order valence-corrected chi connectivity index (χ3v) is 6.63. The molecule has 0 saturated carbocycles. The summed E-state index contributed by atoms with van der Waals surface area (Å²) in [5.74, 6) is 0.584. The summed E-state index contributed by atoms with van der Waals surface area (Å²) >= 11 is 0. The summed E-state index contributed by atoms with van der Waals surface area (Å²) in [7, 11) is 0. The Hall–Kier alpha value is -4.90. The number of nitrogens with zero attached hydrogens (tertiary/aromatic N) is 3. The third kappa shape index (κ3) is 2.52. The van der Waals surface area contributed by atoms with Crippen molar-refractivity contribution in [2.24, 2.45) is 0 Å². The van der Waals surface area contributed by atoms with E-state index >= 15 is 0 Å². The van der Waals surface area contributed by atoms with Gasteiger partial charge in [-0.15, -0.1) is 0 Å². The molecule has 0 aliphatic heterocycles. The molecule has 4 aromatic heterocycles. The maximum absolute atomic E-state index is 6.33. The monoisotopic (exact) mass is 451 g/mol. The van der Waals surface area contributed by atoms with Crippen molar-refractivity contribution in [3.8, 4) is 17.2 Å².